The normalized spacial score (nSPS) is 13.3. The minimum atomic E-state index is -0.127. The van der Waals surface area contributed by atoms with E-state index in [0.717, 1.165) is 47.1 Å². The number of nitrogens with one attached hydrogen (secondary N) is 1. The molecule has 3 aromatic rings. The molecule has 1 aliphatic heterocycles. The van der Waals surface area contributed by atoms with Crippen molar-refractivity contribution in [2.24, 2.45) is 0 Å². The number of hydrogen-bond donors (Lipinski definition) is 1. The van der Waals surface area contributed by atoms with E-state index in [1.807, 2.05) is 72.5 Å². The van der Waals surface area contributed by atoms with Crippen LogP contribution in [0.25, 0.3) is 10.8 Å². The molecule has 4 heteroatoms. The van der Waals surface area contributed by atoms with Gasteiger partial charge in [-0.05, 0) is 59.5 Å². The van der Waals surface area contributed by atoms with Crippen LogP contribution in [0.2, 0.25) is 0 Å². The van der Waals surface area contributed by atoms with Crippen molar-refractivity contribution in [3.05, 3.63) is 71.8 Å². The van der Waals surface area contributed by atoms with E-state index in [-0.39, 0.29) is 11.8 Å². The number of carbonyl (C=O) groups excluding carboxylic acids is 2. The molecule has 0 unspecified atom stereocenters. The molecule has 0 aromatic heterocycles. The van der Waals surface area contributed by atoms with E-state index in [9.17, 15) is 9.59 Å². The fourth-order valence-electron chi connectivity index (χ4n) is 3.66. The van der Waals surface area contributed by atoms with Crippen molar-refractivity contribution in [2.75, 3.05) is 16.8 Å². The summed E-state index contributed by atoms with van der Waals surface area (Å²) in [6, 6.07) is 19.5. The third-order valence-electron chi connectivity index (χ3n) is 5.07. The van der Waals surface area contributed by atoms with Crippen molar-refractivity contribution in [1.82, 2.24) is 0 Å². The second-order valence-corrected chi connectivity index (χ2v) is 6.86. The number of rotatable bonds is 3. The van der Waals surface area contributed by atoms with Gasteiger partial charge in [0.15, 0.2) is 0 Å². The number of benzene rings is 3. The Bertz CT molecular complexity index is 1030. The second-order valence-electron chi connectivity index (χ2n) is 6.86. The maximum atomic E-state index is 12.7. The van der Waals surface area contributed by atoms with Crippen molar-refractivity contribution in [2.45, 2.75) is 26.2 Å². The fourth-order valence-corrected chi connectivity index (χ4v) is 3.66. The summed E-state index contributed by atoms with van der Waals surface area (Å²) in [5.74, 6) is 0.0157. The zero-order valence-electron chi connectivity index (χ0n) is 15.4. The smallest absolute Gasteiger partial charge is 0.255 e. The van der Waals surface area contributed by atoms with Gasteiger partial charge in [0.2, 0.25) is 5.91 Å². The molecular formula is C23H22N2O2. The Morgan fingerprint density at radius 1 is 1.00 bits per heavy atom. The van der Waals surface area contributed by atoms with Crippen LogP contribution >= 0.6 is 0 Å². The summed E-state index contributed by atoms with van der Waals surface area (Å²) in [6.45, 7) is 2.65. The molecule has 0 bridgehead atoms. The molecule has 27 heavy (non-hydrogen) atoms. The summed E-state index contributed by atoms with van der Waals surface area (Å²) < 4.78 is 0. The van der Waals surface area contributed by atoms with Crippen LogP contribution < -0.4 is 10.2 Å². The van der Waals surface area contributed by atoms with Gasteiger partial charge < -0.3 is 10.2 Å². The maximum Gasteiger partial charge on any atom is 0.255 e. The Morgan fingerprint density at radius 3 is 2.63 bits per heavy atom. The van der Waals surface area contributed by atoms with Gasteiger partial charge >= 0.3 is 0 Å². The van der Waals surface area contributed by atoms with Gasteiger partial charge in [-0.15, -0.1) is 0 Å². The standard InChI is InChI=1S/C23H22N2O2/c1-2-22(26)25-13-5-8-18-15-20(11-12-21(18)25)24-23(27)19-10-9-16-6-3-4-7-17(16)14-19/h3-4,6-7,9-12,14-15H,2,5,8,13H2,1H3,(H,24,27). The van der Waals surface area contributed by atoms with Crippen molar-refractivity contribution >= 4 is 34.0 Å². The van der Waals surface area contributed by atoms with Gasteiger partial charge in [-0.2, -0.15) is 0 Å². The molecule has 4 rings (SSSR count). The molecule has 2 amide bonds. The van der Waals surface area contributed by atoms with Crippen LogP contribution in [0.15, 0.2) is 60.7 Å². The Labute approximate surface area is 158 Å². The van der Waals surface area contributed by atoms with Crippen molar-refractivity contribution in [3.63, 3.8) is 0 Å². The zero-order chi connectivity index (χ0) is 18.8. The quantitative estimate of drug-likeness (QED) is 0.732. The van der Waals surface area contributed by atoms with Crippen molar-refractivity contribution < 1.29 is 9.59 Å². The summed E-state index contributed by atoms with van der Waals surface area (Å²) in [5, 5.41) is 5.15. The number of anilines is 2. The van der Waals surface area contributed by atoms with Gasteiger partial charge in [-0.25, -0.2) is 0 Å². The van der Waals surface area contributed by atoms with E-state index >= 15 is 0 Å². The molecule has 4 nitrogen and oxygen atoms in total. The van der Waals surface area contributed by atoms with Crippen molar-refractivity contribution in [3.8, 4) is 0 Å². The summed E-state index contributed by atoms with van der Waals surface area (Å²) >= 11 is 0. The molecule has 1 N–H and O–H groups in total. The van der Waals surface area contributed by atoms with Gasteiger partial charge in [-0.1, -0.05) is 37.3 Å². The Hall–Kier alpha value is -3.14. The lowest BCUT2D eigenvalue weighted by Gasteiger charge is -2.29. The molecule has 0 saturated heterocycles. The third-order valence-corrected chi connectivity index (χ3v) is 5.07. The summed E-state index contributed by atoms with van der Waals surface area (Å²) in [7, 11) is 0. The monoisotopic (exact) mass is 358 g/mol. The molecule has 0 radical (unpaired) electrons. The number of carbonyl (C=O) groups is 2. The molecule has 1 heterocycles. The van der Waals surface area contributed by atoms with Crippen molar-refractivity contribution in [1.29, 1.82) is 0 Å². The van der Waals surface area contributed by atoms with Gasteiger partial charge in [0.1, 0.15) is 0 Å². The lowest BCUT2D eigenvalue weighted by atomic mass is 10.0. The fraction of sp³-hybridized carbons (Fsp3) is 0.217. The highest BCUT2D eigenvalue weighted by Gasteiger charge is 2.21. The Balaban J connectivity index is 1.57. The second kappa shape index (κ2) is 7.23. The Kier molecular flexibility index (Phi) is 4.63. The van der Waals surface area contributed by atoms with E-state index < -0.39 is 0 Å². The molecule has 1 aliphatic rings. The first-order valence-electron chi connectivity index (χ1n) is 9.39. The molecule has 0 aliphatic carbocycles. The van der Waals surface area contributed by atoms with Gasteiger partial charge in [0, 0.05) is 29.9 Å². The van der Waals surface area contributed by atoms with E-state index in [1.54, 1.807) is 0 Å². The minimum Gasteiger partial charge on any atom is -0.322 e. The molecule has 0 saturated carbocycles. The van der Waals surface area contributed by atoms with Gasteiger partial charge in [0.25, 0.3) is 5.91 Å². The number of fused-ring (bicyclic) bond motifs is 2. The van der Waals surface area contributed by atoms with Crippen LogP contribution in [-0.4, -0.2) is 18.4 Å². The van der Waals surface area contributed by atoms with E-state index in [0.29, 0.717) is 12.0 Å². The van der Waals surface area contributed by atoms with Gasteiger partial charge in [-0.3, -0.25) is 9.59 Å². The first-order chi connectivity index (χ1) is 13.2. The molecule has 0 spiro atoms. The summed E-state index contributed by atoms with van der Waals surface area (Å²) in [4.78, 5) is 26.7. The highest BCUT2D eigenvalue weighted by atomic mass is 16.2. The number of amides is 2. The van der Waals surface area contributed by atoms with Crippen LogP contribution in [0.3, 0.4) is 0 Å². The SMILES string of the molecule is CCC(=O)N1CCCc2cc(NC(=O)c3ccc4ccccc4c3)ccc21. The van der Waals surface area contributed by atoms with Crippen LogP contribution in [0.4, 0.5) is 11.4 Å². The molecule has 3 aromatic carbocycles. The van der Waals surface area contributed by atoms with Gasteiger partial charge in [0.05, 0.1) is 0 Å². The first-order valence-corrected chi connectivity index (χ1v) is 9.39. The average molecular weight is 358 g/mol. The van der Waals surface area contributed by atoms with E-state index in [1.165, 1.54) is 0 Å². The van der Waals surface area contributed by atoms with E-state index in [2.05, 4.69) is 5.32 Å². The highest BCUT2D eigenvalue weighted by Crippen LogP contribution is 2.30. The Morgan fingerprint density at radius 2 is 1.81 bits per heavy atom. The molecular weight excluding hydrogens is 336 g/mol. The molecule has 0 fully saturated rings. The number of nitrogens with zero attached hydrogens (tertiary/aromatic N) is 1. The zero-order valence-corrected chi connectivity index (χ0v) is 15.4. The predicted molar refractivity (Wildman–Crippen MR) is 109 cm³/mol. The number of hydrogen-bond acceptors (Lipinski definition) is 2. The molecule has 136 valence electrons. The summed E-state index contributed by atoms with van der Waals surface area (Å²) in [6.07, 6.45) is 2.36. The lowest BCUT2D eigenvalue weighted by molar-refractivity contribution is -0.118. The minimum absolute atomic E-state index is 0.127. The van der Waals surface area contributed by atoms with Crippen LogP contribution in [-0.2, 0) is 11.2 Å². The van der Waals surface area contributed by atoms with Crippen LogP contribution in [0.1, 0.15) is 35.7 Å². The highest BCUT2D eigenvalue weighted by molar-refractivity contribution is 6.06. The average Bonchev–Trinajstić information content (AvgIpc) is 2.72. The topological polar surface area (TPSA) is 49.4 Å². The largest absolute Gasteiger partial charge is 0.322 e. The van der Waals surface area contributed by atoms with E-state index in [4.69, 9.17) is 0 Å². The summed E-state index contributed by atoms with van der Waals surface area (Å²) in [5.41, 5.74) is 3.48. The lowest BCUT2D eigenvalue weighted by Crippen LogP contribution is -2.34. The van der Waals surface area contributed by atoms with Crippen LogP contribution in [0, 0.1) is 0 Å². The van der Waals surface area contributed by atoms with Crippen LogP contribution in [0.5, 0.6) is 0 Å². The predicted octanol–water partition coefficient (Wildman–Crippen LogP) is 4.78. The third kappa shape index (κ3) is 3.43. The maximum absolute atomic E-state index is 12.7. The number of aryl methyl sites for hydroxylation is 1. The first kappa shape index (κ1) is 17.3. The molecule has 0 atom stereocenters.